The standard InChI is InChI=1S/C11H18N2/c1-9(7-12-3)6-11-8-13-5-4-10(11)2/h4-5,8-9,12H,6-7H2,1-3H3. The molecule has 0 bridgehead atoms. The van der Waals surface area contributed by atoms with E-state index >= 15 is 0 Å². The Morgan fingerprint density at radius 1 is 1.54 bits per heavy atom. The summed E-state index contributed by atoms with van der Waals surface area (Å²) in [5, 5.41) is 3.19. The van der Waals surface area contributed by atoms with Gasteiger partial charge in [-0.1, -0.05) is 6.92 Å². The van der Waals surface area contributed by atoms with E-state index in [-0.39, 0.29) is 0 Å². The van der Waals surface area contributed by atoms with Crippen molar-refractivity contribution in [1.29, 1.82) is 0 Å². The minimum atomic E-state index is 0.674. The molecule has 1 aromatic heterocycles. The summed E-state index contributed by atoms with van der Waals surface area (Å²) in [7, 11) is 1.99. The van der Waals surface area contributed by atoms with E-state index in [1.54, 1.807) is 0 Å². The van der Waals surface area contributed by atoms with Gasteiger partial charge in [-0.3, -0.25) is 4.98 Å². The number of rotatable bonds is 4. The Morgan fingerprint density at radius 2 is 2.31 bits per heavy atom. The normalized spacial score (nSPS) is 12.8. The molecule has 0 saturated carbocycles. The molecule has 0 fully saturated rings. The van der Waals surface area contributed by atoms with Crippen LogP contribution < -0.4 is 5.32 Å². The predicted molar refractivity (Wildman–Crippen MR) is 55.8 cm³/mol. The number of nitrogens with zero attached hydrogens (tertiary/aromatic N) is 1. The van der Waals surface area contributed by atoms with Gasteiger partial charge in [-0.2, -0.15) is 0 Å². The SMILES string of the molecule is CNCC(C)Cc1cnccc1C. The van der Waals surface area contributed by atoms with Crippen LogP contribution >= 0.6 is 0 Å². The molecule has 2 heteroatoms. The molecule has 1 rings (SSSR count). The lowest BCUT2D eigenvalue weighted by Crippen LogP contribution is -2.18. The fourth-order valence-corrected chi connectivity index (χ4v) is 1.51. The van der Waals surface area contributed by atoms with Gasteiger partial charge in [-0.05, 0) is 50.0 Å². The van der Waals surface area contributed by atoms with Gasteiger partial charge in [0.2, 0.25) is 0 Å². The lowest BCUT2D eigenvalue weighted by Gasteiger charge is -2.11. The molecule has 1 heterocycles. The molecule has 1 N–H and O–H groups in total. The largest absolute Gasteiger partial charge is 0.319 e. The number of hydrogen-bond acceptors (Lipinski definition) is 2. The molecule has 13 heavy (non-hydrogen) atoms. The fraction of sp³-hybridized carbons (Fsp3) is 0.545. The second-order valence-corrected chi connectivity index (χ2v) is 3.67. The van der Waals surface area contributed by atoms with Crippen LogP contribution in [0.4, 0.5) is 0 Å². The number of aryl methyl sites for hydroxylation is 1. The highest BCUT2D eigenvalue weighted by Crippen LogP contribution is 2.10. The quantitative estimate of drug-likeness (QED) is 0.760. The van der Waals surface area contributed by atoms with Gasteiger partial charge < -0.3 is 5.32 Å². The number of hydrogen-bond donors (Lipinski definition) is 1. The zero-order valence-electron chi connectivity index (χ0n) is 8.67. The average molecular weight is 178 g/mol. The zero-order chi connectivity index (χ0) is 9.68. The second kappa shape index (κ2) is 4.97. The maximum atomic E-state index is 4.14. The monoisotopic (exact) mass is 178 g/mol. The van der Waals surface area contributed by atoms with E-state index in [0.29, 0.717) is 5.92 Å². The molecule has 0 aliphatic rings. The topological polar surface area (TPSA) is 24.9 Å². The van der Waals surface area contributed by atoms with Gasteiger partial charge in [-0.25, -0.2) is 0 Å². The number of pyridine rings is 1. The van der Waals surface area contributed by atoms with Crippen molar-refractivity contribution < 1.29 is 0 Å². The van der Waals surface area contributed by atoms with E-state index < -0.39 is 0 Å². The molecule has 1 aromatic rings. The van der Waals surface area contributed by atoms with E-state index in [0.717, 1.165) is 13.0 Å². The lowest BCUT2D eigenvalue weighted by molar-refractivity contribution is 0.540. The summed E-state index contributed by atoms with van der Waals surface area (Å²) in [6.45, 7) is 5.46. The molecule has 2 nitrogen and oxygen atoms in total. The Hall–Kier alpha value is -0.890. The van der Waals surface area contributed by atoms with Gasteiger partial charge >= 0.3 is 0 Å². The molecule has 0 saturated heterocycles. The molecule has 0 aromatic carbocycles. The number of aromatic nitrogens is 1. The fourth-order valence-electron chi connectivity index (χ4n) is 1.51. The Morgan fingerprint density at radius 3 is 2.92 bits per heavy atom. The van der Waals surface area contributed by atoms with Crippen LogP contribution in [0, 0.1) is 12.8 Å². The summed E-state index contributed by atoms with van der Waals surface area (Å²) in [5.41, 5.74) is 2.71. The van der Waals surface area contributed by atoms with Gasteiger partial charge in [0.1, 0.15) is 0 Å². The summed E-state index contributed by atoms with van der Waals surface area (Å²) in [5.74, 6) is 0.674. The van der Waals surface area contributed by atoms with Gasteiger partial charge in [0.05, 0.1) is 0 Å². The van der Waals surface area contributed by atoms with Crippen molar-refractivity contribution in [3.05, 3.63) is 29.6 Å². The van der Waals surface area contributed by atoms with Crippen molar-refractivity contribution in [1.82, 2.24) is 10.3 Å². The Labute approximate surface area is 80.4 Å². The third kappa shape index (κ3) is 3.15. The first kappa shape index (κ1) is 10.2. The van der Waals surface area contributed by atoms with E-state index in [4.69, 9.17) is 0 Å². The first-order valence-corrected chi connectivity index (χ1v) is 4.78. The summed E-state index contributed by atoms with van der Waals surface area (Å²) in [4.78, 5) is 4.14. The van der Waals surface area contributed by atoms with E-state index in [9.17, 15) is 0 Å². The van der Waals surface area contributed by atoms with Gasteiger partial charge in [0.15, 0.2) is 0 Å². The summed E-state index contributed by atoms with van der Waals surface area (Å²) < 4.78 is 0. The van der Waals surface area contributed by atoms with Gasteiger partial charge in [0, 0.05) is 12.4 Å². The van der Waals surface area contributed by atoms with Crippen LogP contribution in [0.2, 0.25) is 0 Å². The smallest absolute Gasteiger partial charge is 0.0302 e. The maximum Gasteiger partial charge on any atom is 0.0302 e. The van der Waals surface area contributed by atoms with Crippen LogP contribution in [-0.2, 0) is 6.42 Å². The molecular formula is C11H18N2. The summed E-state index contributed by atoms with van der Waals surface area (Å²) in [6, 6.07) is 2.07. The molecule has 0 spiro atoms. The Balaban J connectivity index is 2.58. The van der Waals surface area contributed by atoms with Crippen molar-refractivity contribution >= 4 is 0 Å². The molecule has 72 valence electrons. The lowest BCUT2D eigenvalue weighted by atomic mass is 9.99. The van der Waals surface area contributed by atoms with Crippen LogP contribution in [0.3, 0.4) is 0 Å². The number of nitrogens with one attached hydrogen (secondary N) is 1. The molecule has 0 radical (unpaired) electrons. The van der Waals surface area contributed by atoms with Gasteiger partial charge in [-0.15, -0.1) is 0 Å². The molecule has 0 amide bonds. The van der Waals surface area contributed by atoms with Crippen molar-refractivity contribution in [2.45, 2.75) is 20.3 Å². The van der Waals surface area contributed by atoms with Gasteiger partial charge in [0.25, 0.3) is 0 Å². The highest BCUT2D eigenvalue weighted by Gasteiger charge is 2.04. The van der Waals surface area contributed by atoms with Crippen molar-refractivity contribution in [3.63, 3.8) is 0 Å². The van der Waals surface area contributed by atoms with Crippen LogP contribution in [-0.4, -0.2) is 18.6 Å². The molecule has 1 unspecified atom stereocenters. The average Bonchev–Trinajstić information content (AvgIpc) is 2.09. The zero-order valence-corrected chi connectivity index (χ0v) is 8.67. The minimum Gasteiger partial charge on any atom is -0.319 e. The third-order valence-electron chi connectivity index (χ3n) is 2.27. The molecular weight excluding hydrogens is 160 g/mol. The first-order valence-electron chi connectivity index (χ1n) is 4.78. The summed E-state index contributed by atoms with van der Waals surface area (Å²) in [6.07, 6.45) is 4.93. The Bertz CT molecular complexity index is 258. The second-order valence-electron chi connectivity index (χ2n) is 3.67. The van der Waals surface area contributed by atoms with E-state index in [2.05, 4.69) is 30.2 Å². The van der Waals surface area contributed by atoms with Crippen molar-refractivity contribution in [3.8, 4) is 0 Å². The molecule has 0 aliphatic heterocycles. The van der Waals surface area contributed by atoms with Crippen LogP contribution in [0.25, 0.3) is 0 Å². The van der Waals surface area contributed by atoms with Crippen LogP contribution in [0.15, 0.2) is 18.5 Å². The highest BCUT2D eigenvalue weighted by molar-refractivity contribution is 5.21. The highest BCUT2D eigenvalue weighted by atomic mass is 14.8. The van der Waals surface area contributed by atoms with E-state index in [1.165, 1.54) is 11.1 Å². The van der Waals surface area contributed by atoms with Crippen LogP contribution in [0.1, 0.15) is 18.1 Å². The van der Waals surface area contributed by atoms with E-state index in [1.807, 2.05) is 19.4 Å². The maximum absolute atomic E-state index is 4.14. The van der Waals surface area contributed by atoms with Crippen molar-refractivity contribution in [2.24, 2.45) is 5.92 Å². The third-order valence-corrected chi connectivity index (χ3v) is 2.27. The first-order chi connectivity index (χ1) is 6.24. The predicted octanol–water partition coefficient (Wildman–Crippen LogP) is 1.79. The molecule has 0 aliphatic carbocycles. The van der Waals surface area contributed by atoms with Crippen molar-refractivity contribution in [2.75, 3.05) is 13.6 Å². The minimum absolute atomic E-state index is 0.674. The molecule has 1 atom stereocenters. The van der Waals surface area contributed by atoms with Crippen LogP contribution in [0.5, 0.6) is 0 Å². The Kier molecular flexibility index (Phi) is 3.90. The summed E-state index contributed by atoms with van der Waals surface area (Å²) >= 11 is 0.